The Bertz CT molecular complexity index is 663. The van der Waals surface area contributed by atoms with Gasteiger partial charge in [-0.05, 0) is 45.2 Å². The summed E-state index contributed by atoms with van der Waals surface area (Å²) in [4.78, 5) is 11.6. The van der Waals surface area contributed by atoms with Gasteiger partial charge < -0.3 is 5.11 Å². The highest BCUT2D eigenvalue weighted by molar-refractivity contribution is 5.95. The number of hydrogen-bond donors (Lipinski definition) is 1. The van der Waals surface area contributed by atoms with Crippen LogP contribution in [-0.4, -0.2) is 20.9 Å². The lowest BCUT2D eigenvalue weighted by Crippen LogP contribution is -2.04. The monoisotopic (exact) mass is 286 g/mol. The molecule has 0 bridgehead atoms. The van der Waals surface area contributed by atoms with Crippen LogP contribution in [-0.2, 0) is 0 Å². The van der Waals surface area contributed by atoms with E-state index in [1.807, 2.05) is 27.7 Å². The number of carbonyl (C=O) groups is 1. The highest BCUT2D eigenvalue weighted by Gasteiger charge is 2.21. The standard InChI is InChI=1S/C17H22N2O2/c1-6-13(5)19-9-14(17(20)21)16(18-19)15-11(3)7-10(2)8-12(15)4/h7-9,13H,6H2,1-5H3,(H,20,21). The first-order chi connectivity index (χ1) is 9.85. The molecule has 0 saturated carbocycles. The molecule has 0 radical (unpaired) electrons. The lowest BCUT2D eigenvalue weighted by molar-refractivity contribution is 0.0697. The third kappa shape index (κ3) is 2.84. The number of carboxylic acid groups (broad SMARTS) is 1. The van der Waals surface area contributed by atoms with Gasteiger partial charge in [0.2, 0.25) is 0 Å². The van der Waals surface area contributed by atoms with Crippen molar-refractivity contribution in [2.45, 2.75) is 47.1 Å². The molecule has 0 spiro atoms. The number of aromatic carboxylic acids is 1. The zero-order valence-corrected chi connectivity index (χ0v) is 13.3. The van der Waals surface area contributed by atoms with Crippen LogP contribution in [0.15, 0.2) is 18.3 Å². The molecule has 4 heteroatoms. The molecule has 1 aromatic carbocycles. The van der Waals surface area contributed by atoms with Crippen molar-refractivity contribution < 1.29 is 9.90 Å². The molecule has 0 saturated heterocycles. The first-order valence-electron chi connectivity index (χ1n) is 7.25. The minimum Gasteiger partial charge on any atom is -0.478 e. The van der Waals surface area contributed by atoms with Crippen LogP contribution >= 0.6 is 0 Å². The van der Waals surface area contributed by atoms with Crippen LogP contribution in [0, 0.1) is 20.8 Å². The van der Waals surface area contributed by atoms with Crippen molar-refractivity contribution in [2.75, 3.05) is 0 Å². The summed E-state index contributed by atoms with van der Waals surface area (Å²) in [6, 6.07) is 4.31. The number of hydrogen-bond acceptors (Lipinski definition) is 2. The predicted molar refractivity (Wildman–Crippen MR) is 83.8 cm³/mol. The zero-order valence-electron chi connectivity index (χ0n) is 13.3. The minimum absolute atomic E-state index is 0.183. The van der Waals surface area contributed by atoms with E-state index in [0.717, 1.165) is 23.1 Å². The van der Waals surface area contributed by atoms with Crippen LogP contribution < -0.4 is 0 Å². The van der Waals surface area contributed by atoms with Crippen LogP contribution in [0.5, 0.6) is 0 Å². The van der Waals surface area contributed by atoms with Crippen molar-refractivity contribution in [3.8, 4) is 11.3 Å². The summed E-state index contributed by atoms with van der Waals surface area (Å²) in [5.74, 6) is -0.932. The SMILES string of the molecule is CCC(C)n1cc(C(=O)O)c(-c2c(C)cc(C)cc2C)n1. The fourth-order valence-corrected chi connectivity index (χ4v) is 2.70. The van der Waals surface area contributed by atoms with Gasteiger partial charge in [0.1, 0.15) is 11.3 Å². The first-order valence-corrected chi connectivity index (χ1v) is 7.25. The highest BCUT2D eigenvalue weighted by Crippen LogP contribution is 2.31. The molecule has 0 aliphatic heterocycles. The Morgan fingerprint density at radius 2 is 1.86 bits per heavy atom. The van der Waals surface area contributed by atoms with Crippen molar-refractivity contribution in [1.82, 2.24) is 9.78 Å². The van der Waals surface area contributed by atoms with Crippen molar-refractivity contribution in [3.05, 3.63) is 40.6 Å². The lowest BCUT2D eigenvalue weighted by atomic mass is 9.95. The molecule has 1 unspecified atom stereocenters. The molecule has 1 atom stereocenters. The van der Waals surface area contributed by atoms with E-state index >= 15 is 0 Å². The number of carboxylic acids is 1. The summed E-state index contributed by atoms with van der Waals surface area (Å²) in [5, 5.41) is 14.0. The van der Waals surface area contributed by atoms with Gasteiger partial charge >= 0.3 is 5.97 Å². The second-order valence-corrected chi connectivity index (χ2v) is 5.71. The van der Waals surface area contributed by atoms with Crippen molar-refractivity contribution >= 4 is 5.97 Å². The van der Waals surface area contributed by atoms with E-state index < -0.39 is 5.97 Å². The number of nitrogens with zero attached hydrogens (tertiary/aromatic N) is 2. The summed E-state index contributed by atoms with van der Waals surface area (Å²) in [6.45, 7) is 10.2. The van der Waals surface area contributed by atoms with E-state index in [9.17, 15) is 9.90 Å². The van der Waals surface area contributed by atoms with Crippen molar-refractivity contribution in [3.63, 3.8) is 0 Å². The molecule has 21 heavy (non-hydrogen) atoms. The van der Waals surface area contributed by atoms with Crippen LogP contribution in [0.4, 0.5) is 0 Å². The van der Waals surface area contributed by atoms with Crippen molar-refractivity contribution in [1.29, 1.82) is 0 Å². The second-order valence-electron chi connectivity index (χ2n) is 5.71. The molecular weight excluding hydrogens is 264 g/mol. The Morgan fingerprint density at radius 3 is 2.33 bits per heavy atom. The van der Waals surface area contributed by atoms with Gasteiger partial charge in [-0.25, -0.2) is 4.79 Å². The Labute approximate surface area is 125 Å². The third-order valence-corrected chi connectivity index (χ3v) is 3.92. The van der Waals surface area contributed by atoms with Gasteiger partial charge in [-0.2, -0.15) is 5.10 Å². The molecule has 1 aromatic heterocycles. The molecule has 2 aromatic rings. The zero-order chi connectivity index (χ0) is 15.7. The molecule has 112 valence electrons. The minimum atomic E-state index is -0.932. The highest BCUT2D eigenvalue weighted by atomic mass is 16.4. The Balaban J connectivity index is 2.68. The third-order valence-electron chi connectivity index (χ3n) is 3.92. The van der Waals surface area contributed by atoms with Crippen LogP contribution in [0.2, 0.25) is 0 Å². The van der Waals surface area contributed by atoms with Gasteiger partial charge in [-0.15, -0.1) is 0 Å². The molecule has 0 aliphatic rings. The number of rotatable bonds is 4. The molecule has 1 heterocycles. The largest absolute Gasteiger partial charge is 0.478 e. The maximum absolute atomic E-state index is 11.6. The van der Waals surface area contributed by atoms with E-state index in [2.05, 4.69) is 24.2 Å². The van der Waals surface area contributed by atoms with E-state index in [4.69, 9.17) is 0 Å². The number of benzene rings is 1. The molecule has 1 N–H and O–H groups in total. The second kappa shape index (κ2) is 5.72. The summed E-state index contributed by atoms with van der Waals surface area (Å²) in [7, 11) is 0. The van der Waals surface area contributed by atoms with Crippen LogP contribution in [0.3, 0.4) is 0 Å². The molecular formula is C17H22N2O2. The smallest absolute Gasteiger partial charge is 0.339 e. The average molecular weight is 286 g/mol. The van der Waals surface area contributed by atoms with E-state index in [-0.39, 0.29) is 11.6 Å². The normalized spacial score (nSPS) is 12.4. The van der Waals surface area contributed by atoms with Gasteiger partial charge in [0.05, 0.1) is 0 Å². The van der Waals surface area contributed by atoms with E-state index in [1.165, 1.54) is 5.56 Å². The van der Waals surface area contributed by atoms with Gasteiger partial charge in [0.25, 0.3) is 0 Å². The Hall–Kier alpha value is -2.10. The van der Waals surface area contributed by atoms with E-state index in [1.54, 1.807) is 10.9 Å². The molecule has 2 rings (SSSR count). The average Bonchev–Trinajstić information content (AvgIpc) is 2.81. The first kappa shape index (κ1) is 15.3. The van der Waals surface area contributed by atoms with E-state index in [0.29, 0.717) is 5.69 Å². The van der Waals surface area contributed by atoms with Crippen LogP contribution in [0.1, 0.15) is 53.4 Å². The molecule has 0 fully saturated rings. The Morgan fingerprint density at radius 1 is 1.29 bits per heavy atom. The van der Waals surface area contributed by atoms with Gasteiger partial charge in [-0.1, -0.05) is 24.6 Å². The molecule has 0 amide bonds. The Kier molecular flexibility index (Phi) is 4.16. The predicted octanol–water partition coefficient (Wildman–Crippen LogP) is 4.14. The topological polar surface area (TPSA) is 55.1 Å². The summed E-state index contributed by atoms with van der Waals surface area (Å²) >= 11 is 0. The quantitative estimate of drug-likeness (QED) is 0.918. The number of aryl methyl sites for hydroxylation is 3. The van der Waals surface area contributed by atoms with Crippen molar-refractivity contribution in [2.24, 2.45) is 0 Å². The fourth-order valence-electron chi connectivity index (χ4n) is 2.70. The summed E-state index contributed by atoms with van der Waals surface area (Å²) < 4.78 is 1.76. The maximum Gasteiger partial charge on any atom is 0.339 e. The van der Waals surface area contributed by atoms with Crippen LogP contribution in [0.25, 0.3) is 11.3 Å². The summed E-state index contributed by atoms with van der Waals surface area (Å²) in [6.07, 6.45) is 2.55. The van der Waals surface area contributed by atoms with Gasteiger partial charge in [0, 0.05) is 17.8 Å². The summed E-state index contributed by atoms with van der Waals surface area (Å²) in [5.41, 5.74) is 5.06. The lowest BCUT2D eigenvalue weighted by Gasteiger charge is -2.11. The molecule has 4 nitrogen and oxygen atoms in total. The van der Waals surface area contributed by atoms with Gasteiger partial charge in [0.15, 0.2) is 0 Å². The maximum atomic E-state index is 11.6. The van der Waals surface area contributed by atoms with Gasteiger partial charge in [-0.3, -0.25) is 4.68 Å². The molecule has 0 aliphatic carbocycles. The fraction of sp³-hybridized carbons (Fsp3) is 0.412. The number of aromatic nitrogens is 2.